The molecule has 2 bridgehead atoms. The fourth-order valence-corrected chi connectivity index (χ4v) is 4.81. The van der Waals surface area contributed by atoms with Crippen molar-refractivity contribution >= 4 is 18.3 Å². The van der Waals surface area contributed by atoms with E-state index in [9.17, 15) is 9.18 Å². The first-order chi connectivity index (χ1) is 12.1. The van der Waals surface area contributed by atoms with Crippen LogP contribution in [0.5, 0.6) is 0 Å². The van der Waals surface area contributed by atoms with Gasteiger partial charge in [-0.15, -0.1) is 12.4 Å². The molecule has 0 aliphatic heterocycles. The Kier molecular flexibility index (Phi) is 7.90. The van der Waals surface area contributed by atoms with Crippen molar-refractivity contribution in [2.24, 2.45) is 23.5 Å². The van der Waals surface area contributed by atoms with Gasteiger partial charge < -0.3 is 10.6 Å². The molecule has 0 radical (unpaired) electrons. The minimum atomic E-state index is -0.208. The zero-order valence-corrected chi connectivity index (χ0v) is 16.5. The van der Waals surface area contributed by atoms with E-state index in [4.69, 9.17) is 5.73 Å². The summed E-state index contributed by atoms with van der Waals surface area (Å²) in [6.45, 7) is 3.56. The van der Waals surface area contributed by atoms with Crippen LogP contribution >= 0.6 is 12.4 Å². The van der Waals surface area contributed by atoms with Crippen molar-refractivity contribution in [3.63, 3.8) is 0 Å². The predicted octanol–water partition coefficient (Wildman–Crippen LogP) is 4.18. The molecular weight excluding hydrogens is 351 g/mol. The Labute approximate surface area is 162 Å². The molecule has 2 aliphatic carbocycles. The van der Waals surface area contributed by atoms with E-state index >= 15 is 0 Å². The Bertz CT molecular complexity index is 583. The molecule has 0 spiro atoms. The van der Waals surface area contributed by atoms with Crippen molar-refractivity contribution in [2.45, 2.75) is 57.9 Å². The number of fused-ring (bicyclic) bond motifs is 2. The van der Waals surface area contributed by atoms with Crippen LogP contribution < -0.4 is 5.73 Å². The monoisotopic (exact) mass is 382 g/mol. The van der Waals surface area contributed by atoms with Crippen LogP contribution in [0.15, 0.2) is 24.3 Å². The topological polar surface area (TPSA) is 46.3 Å². The number of nitrogens with zero attached hydrogens (tertiary/aromatic N) is 1. The second-order valence-electron chi connectivity index (χ2n) is 7.90. The number of carbonyl (C=O) groups is 1. The van der Waals surface area contributed by atoms with Gasteiger partial charge in [0.05, 0.1) is 0 Å². The molecular formula is C21H32ClFN2O. The van der Waals surface area contributed by atoms with E-state index in [2.05, 4.69) is 6.92 Å². The summed E-state index contributed by atoms with van der Waals surface area (Å²) in [5.74, 6) is 1.26. The Morgan fingerprint density at radius 3 is 2.54 bits per heavy atom. The molecule has 2 fully saturated rings. The van der Waals surface area contributed by atoms with Crippen LogP contribution in [0, 0.1) is 23.6 Å². The SMILES string of the molecule is CCCN(CCc1cccc(F)c1)C(=O)C1CC2CCCC(C1)C2N.Cl. The average Bonchev–Trinajstić information content (AvgIpc) is 2.58. The van der Waals surface area contributed by atoms with Crippen molar-refractivity contribution in [3.8, 4) is 0 Å². The van der Waals surface area contributed by atoms with Gasteiger partial charge in [0, 0.05) is 25.0 Å². The second kappa shape index (κ2) is 9.70. The van der Waals surface area contributed by atoms with E-state index in [-0.39, 0.29) is 24.1 Å². The van der Waals surface area contributed by atoms with Gasteiger partial charge in [-0.1, -0.05) is 25.5 Å². The van der Waals surface area contributed by atoms with Crippen LogP contribution in [-0.2, 0) is 11.2 Å². The summed E-state index contributed by atoms with van der Waals surface area (Å²) in [7, 11) is 0. The fourth-order valence-electron chi connectivity index (χ4n) is 4.81. The van der Waals surface area contributed by atoms with Crippen LogP contribution in [0.1, 0.15) is 51.0 Å². The van der Waals surface area contributed by atoms with Crippen molar-refractivity contribution in [1.82, 2.24) is 4.90 Å². The summed E-state index contributed by atoms with van der Waals surface area (Å²) in [6.07, 6.45) is 7.20. The van der Waals surface area contributed by atoms with E-state index in [0.717, 1.165) is 31.4 Å². The first-order valence-corrected chi connectivity index (χ1v) is 9.87. The number of benzene rings is 1. The molecule has 2 unspecified atom stereocenters. The van der Waals surface area contributed by atoms with E-state index in [1.165, 1.54) is 25.3 Å². The minimum Gasteiger partial charge on any atom is -0.342 e. The minimum absolute atomic E-state index is 0. The number of hydrogen-bond acceptors (Lipinski definition) is 2. The molecule has 0 aromatic heterocycles. The van der Waals surface area contributed by atoms with Gasteiger partial charge in [-0.2, -0.15) is 0 Å². The highest BCUT2D eigenvalue weighted by Gasteiger charge is 2.41. The van der Waals surface area contributed by atoms with Gasteiger partial charge in [-0.3, -0.25) is 4.79 Å². The lowest BCUT2D eigenvalue weighted by atomic mass is 9.65. The highest BCUT2D eigenvalue weighted by Crippen LogP contribution is 2.42. The maximum atomic E-state index is 13.4. The molecule has 2 atom stereocenters. The van der Waals surface area contributed by atoms with Gasteiger partial charge in [-0.25, -0.2) is 4.39 Å². The zero-order chi connectivity index (χ0) is 17.8. The van der Waals surface area contributed by atoms with Crippen LogP contribution in [-0.4, -0.2) is 29.9 Å². The Morgan fingerprint density at radius 2 is 1.92 bits per heavy atom. The third kappa shape index (κ3) is 4.98. The first kappa shape index (κ1) is 21.2. The largest absolute Gasteiger partial charge is 0.342 e. The molecule has 0 saturated heterocycles. The average molecular weight is 383 g/mol. The number of hydrogen-bond donors (Lipinski definition) is 1. The highest BCUT2D eigenvalue weighted by molar-refractivity contribution is 5.85. The maximum Gasteiger partial charge on any atom is 0.225 e. The van der Waals surface area contributed by atoms with Crippen LogP contribution in [0.2, 0.25) is 0 Å². The molecule has 3 nitrogen and oxygen atoms in total. The van der Waals surface area contributed by atoms with Gasteiger partial charge in [0.1, 0.15) is 5.82 Å². The third-order valence-corrected chi connectivity index (χ3v) is 6.13. The number of rotatable bonds is 6. The normalized spacial score (nSPS) is 27.5. The van der Waals surface area contributed by atoms with E-state index < -0.39 is 0 Å². The number of amides is 1. The molecule has 26 heavy (non-hydrogen) atoms. The predicted molar refractivity (Wildman–Crippen MR) is 106 cm³/mol. The molecule has 1 amide bonds. The Hall–Kier alpha value is -1.13. The van der Waals surface area contributed by atoms with Gasteiger partial charge in [0.15, 0.2) is 0 Å². The fraction of sp³-hybridized carbons (Fsp3) is 0.667. The molecule has 2 N–H and O–H groups in total. The molecule has 2 aliphatic rings. The van der Waals surface area contributed by atoms with Gasteiger partial charge in [0.2, 0.25) is 5.91 Å². The molecule has 1 aromatic rings. The summed E-state index contributed by atoms with van der Waals surface area (Å²) in [6, 6.07) is 6.99. The van der Waals surface area contributed by atoms with Crippen molar-refractivity contribution in [1.29, 1.82) is 0 Å². The van der Waals surface area contributed by atoms with Gasteiger partial charge >= 0.3 is 0 Å². The lowest BCUT2D eigenvalue weighted by Crippen LogP contribution is -2.50. The smallest absolute Gasteiger partial charge is 0.225 e. The quantitative estimate of drug-likeness (QED) is 0.802. The summed E-state index contributed by atoms with van der Waals surface area (Å²) in [5.41, 5.74) is 7.32. The first-order valence-electron chi connectivity index (χ1n) is 9.87. The summed E-state index contributed by atoms with van der Waals surface area (Å²) >= 11 is 0. The van der Waals surface area contributed by atoms with Crippen LogP contribution in [0.25, 0.3) is 0 Å². The highest BCUT2D eigenvalue weighted by atomic mass is 35.5. The summed E-state index contributed by atoms with van der Waals surface area (Å²) in [4.78, 5) is 15.1. The molecule has 0 heterocycles. The molecule has 2 saturated carbocycles. The van der Waals surface area contributed by atoms with Crippen molar-refractivity contribution in [3.05, 3.63) is 35.6 Å². The maximum absolute atomic E-state index is 13.4. The standard InChI is InChI=1S/C21H31FN2O.ClH/c1-2-10-24(11-9-15-5-3-8-19(22)12-15)21(25)18-13-16-6-4-7-17(14-18)20(16)23;/h3,5,8,12,16-18,20H,2,4,6-7,9-11,13-14,23H2,1H3;1H. The summed E-state index contributed by atoms with van der Waals surface area (Å²) in [5, 5.41) is 0. The van der Waals surface area contributed by atoms with Crippen molar-refractivity contribution < 1.29 is 9.18 Å². The second-order valence-corrected chi connectivity index (χ2v) is 7.90. The lowest BCUT2D eigenvalue weighted by Gasteiger charge is -2.44. The zero-order valence-electron chi connectivity index (χ0n) is 15.7. The Morgan fingerprint density at radius 1 is 1.23 bits per heavy atom. The van der Waals surface area contributed by atoms with Crippen molar-refractivity contribution in [2.75, 3.05) is 13.1 Å². The molecule has 1 aromatic carbocycles. The van der Waals surface area contributed by atoms with Crippen LogP contribution in [0.3, 0.4) is 0 Å². The number of nitrogens with two attached hydrogens (primary N) is 1. The lowest BCUT2D eigenvalue weighted by molar-refractivity contribution is -0.138. The number of carbonyl (C=O) groups excluding carboxylic acids is 1. The number of halogens is 2. The molecule has 3 rings (SSSR count). The Balaban J connectivity index is 0.00000243. The van der Waals surface area contributed by atoms with E-state index in [1.54, 1.807) is 12.1 Å². The summed E-state index contributed by atoms with van der Waals surface area (Å²) < 4.78 is 13.4. The molecule has 146 valence electrons. The van der Waals surface area contributed by atoms with Crippen LogP contribution in [0.4, 0.5) is 4.39 Å². The van der Waals surface area contributed by atoms with E-state index in [0.29, 0.717) is 36.8 Å². The molecule has 5 heteroatoms. The van der Waals surface area contributed by atoms with E-state index in [1.807, 2.05) is 11.0 Å². The van der Waals surface area contributed by atoms with Gasteiger partial charge in [-0.05, 0) is 68.1 Å². The third-order valence-electron chi connectivity index (χ3n) is 6.13. The van der Waals surface area contributed by atoms with Gasteiger partial charge in [0.25, 0.3) is 0 Å².